The van der Waals surface area contributed by atoms with Gasteiger partial charge in [-0.1, -0.05) is 43.6 Å². The van der Waals surface area contributed by atoms with E-state index in [0.717, 1.165) is 24.0 Å². The van der Waals surface area contributed by atoms with Crippen molar-refractivity contribution in [1.29, 1.82) is 0 Å². The minimum atomic E-state index is -3.62. The average molecular weight is 421 g/mol. The smallest absolute Gasteiger partial charge is 0.252 e. The topological polar surface area (TPSA) is 75.3 Å². The highest BCUT2D eigenvalue weighted by molar-refractivity contribution is 7.89. The zero-order valence-corrected chi connectivity index (χ0v) is 17.8. The fourth-order valence-corrected chi connectivity index (χ4v) is 4.48. The molecule has 0 aliphatic heterocycles. The first kappa shape index (κ1) is 20.8. The van der Waals surface area contributed by atoms with E-state index in [9.17, 15) is 13.2 Å². The van der Waals surface area contributed by atoms with Gasteiger partial charge in [0.15, 0.2) is 0 Å². The van der Waals surface area contributed by atoms with Crippen molar-refractivity contribution in [2.24, 2.45) is 5.92 Å². The lowest BCUT2D eigenvalue weighted by Crippen LogP contribution is -2.32. The van der Waals surface area contributed by atoms with Crippen molar-refractivity contribution in [3.8, 4) is 0 Å². The molecular weight excluding hydrogens is 396 g/mol. The van der Waals surface area contributed by atoms with Crippen LogP contribution in [0.3, 0.4) is 0 Å². The zero-order chi connectivity index (χ0) is 20.5. The highest BCUT2D eigenvalue weighted by atomic mass is 35.5. The van der Waals surface area contributed by atoms with Crippen LogP contribution < -0.4 is 10.0 Å². The molecule has 1 amide bonds. The van der Waals surface area contributed by atoms with Crippen molar-refractivity contribution in [1.82, 2.24) is 10.0 Å². The lowest BCUT2D eigenvalue weighted by Gasteiger charge is -2.23. The predicted octanol–water partition coefficient (Wildman–Crippen LogP) is 4.22. The first-order valence-electron chi connectivity index (χ1n) is 9.36. The summed E-state index contributed by atoms with van der Waals surface area (Å²) in [5, 5.41) is 3.68. The second-order valence-electron chi connectivity index (χ2n) is 7.62. The number of aryl methyl sites for hydroxylation is 1. The van der Waals surface area contributed by atoms with Gasteiger partial charge < -0.3 is 5.32 Å². The summed E-state index contributed by atoms with van der Waals surface area (Å²) < 4.78 is 27.6. The van der Waals surface area contributed by atoms with Gasteiger partial charge in [0.05, 0.1) is 10.9 Å². The van der Waals surface area contributed by atoms with Gasteiger partial charge in [0, 0.05) is 16.6 Å². The van der Waals surface area contributed by atoms with E-state index < -0.39 is 10.0 Å². The van der Waals surface area contributed by atoms with Gasteiger partial charge in [0.25, 0.3) is 5.91 Å². The molecule has 2 aromatic carbocycles. The zero-order valence-electron chi connectivity index (χ0n) is 16.2. The van der Waals surface area contributed by atoms with Crippen LogP contribution in [0.5, 0.6) is 0 Å². The summed E-state index contributed by atoms with van der Waals surface area (Å²) in [6.45, 7) is 5.84. The quantitative estimate of drug-likeness (QED) is 0.704. The summed E-state index contributed by atoms with van der Waals surface area (Å²) in [5.41, 5.74) is 2.03. The number of nitrogens with one attached hydrogen (secondary N) is 2. The molecule has 1 saturated carbocycles. The van der Waals surface area contributed by atoms with Gasteiger partial charge in [-0.15, -0.1) is 0 Å². The Bertz CT molecular complexity index is 968. The molecule has 28 heavy (non-hydrogen) atoms. The number of hydrogen-bond acceptors (Lipinski definition) is 3. The largest absolute Gasteiger partial charge is 0.345 e. The minimum absolute atomic E-state index is 0.0128. The van der Waals surface area contributed by atoms with Crippen LogP contribution in [0.4, 0.5) is 0 Å². The van der Waals surface area contributed by atoms with E-state index in [1.807, 2.05) is 26.0 Å². The summed E-state index contributed by atoms with van der Waals surface area (Å²) in [4.78, 5) is 13.1. The number of sulfonamides is 1. The summed E-state index contributed by atoms with van der Waals surface area (Å²) in [6, 6.07) is 11.8. The Morgan fingerprint density at radius 2 is 1.75 bits per heavy atom. The van der Waals surface area contributed by atoms with Crippen molar-refractivity contribution in [2.45, 2.75) is 50.6 Å². The highest BCUT2D eigenvalue weighted by Crippen LogP contribution is 2.26. The third-order valence-corrected chi connectivity index (χ3v) is 6.62. The van der Waals surface area contributed by atoms with Gasteiger partial charge in [0.2, 0.25) is 10.0 Å². The van der Waals surface area contributed by atoms with E-state index >= 15 is 0 Å². The van der Waals surface area contributed by atoms with Gasteiger partial charge in [-0.3, -0.25) is 4.79 Å². The van der Waals surface area contributed by atoms with Crippen molar-refractivity contribution in [2.75, 3.05) is 0 Å². The molecule has 0 bridgehead atoms. The second kappa shape index (κ2) is 8.23. The molecule has 1 unspecified atom stereocenters. The van der Waals surface area contributed by atoms with Gasteiger partial charge in [0.1, 0.15) is 0 Å². The molecule has 2 aromatic rings. The Balaban J connectivity index is 1.86. The molecule has 7 heteroatoms. The summed E-state index contributed by atoms with van der Waals surface area (Å²) in [5.74, 6) is -0.150. The standard InChI is InChI=1S/C21H25ClN2O3S/c1-13(2)20(15-5-7-16(22)8-6-15)23-21(25)19-12-18(11-4-14(19)3)28(26,27)24-17-9-10-17/h4-8,11-13,17,20,24H,9-10H2,1-3H3,(H,23,25). The van der Waals surface area contributed by atoms with E-state index in [4.69, 9.17) is 11.6 Å². The van der Waals surface area contributed by atoms with Gasteiger partial charge in [-0.05, 0) is 61.1 Å². The van der Waals surface area contributed by atoms with Crippen LogP contribution in [0.25, 0.3) is 0 Å². The molecule has 0 aromatic heterocycles. The third kappa shape index (κ3) is 4.93. The summed E-state index contributed by atoms with van der Waals surface area (Å²) in [6.07, 6.45) is 1.71. The lowest BCUT2D eigenvalue weighted by atomic mass is 9.95. The maximum absolute atomic E-state index is 13.0. The number of hydrogen-bond donors (Lipinski definition) is 2. The van der Waals surface area contributed by atoms with Crippen LogP contribution in [-0.4, -0.2) is 20.4 Å². The van der Waals surface area contributed by atoms with Crippen LogP contribution in [0.2, 0.25) is 5.02 Å². The molecule has 0 heterocycles. The molecule has 2 N–H and O–H groups in total. The van der Waals surface area contributed by atoms with E-state index in [1.165, 1.54) is 12.1 Å². The second-order valence-corrected chi connectivity index (χ2v) is 9.77. The number of benzene rings is 2. The number of halogens is 1. The van der Waals surface area contributed by atoms with Crippen LogP contribution >= 0.6 is 11.6 Å². The normalized spacial score (nSPS) is 15.5. The van der Waals surface area contributed by atoms with Crippen LogP contribution in [0.1, 0.15) is 54.2 Å². The van der Waals surface area contributed by atoms with Gasteiger partial charge >= 0.3 is 0 Å². The number of carbonyl (C=O) groups excluding carboxylic acids is 1. The van der Waals surface area contributed by atoms with Gasteiger partial charge in [-0.25, -0.2) is 13.1 Å². The number of amides is 1. The van der Waals surface area contributed by atoms with Crippen molar-refractivity contribution in [3.05, 3.63) is 64.2 Å². The fraction of sp³-hybridized carbons (Fsp3) is 0.381. The number of carbonyl (C=O) groups is 1. The summed E-state index contributed by atoms with van der Waals surface area (Å²) in [7, 11) is -3.62. The molecular formula is C21H25ClN2O3S. The molecule has 150 valence electrons. The van der Waals surface area contributed by atoms with Crippen molar-refractivity contribution in [3.63, 3.8) is 0 Å². The lowest BCUT2D eigenvalue weighted by molar-refractivity contribution is 0.0924. The molecule has 1 fully saturated rings. The van der Waals surface area contributed by atoms with Gasteiger partial charge in [-0.2, -0.15) is 0 Å². The van der Waals surface area contributed by atoms with E-state index in [2.05, 4.69) is 10.0 Å². The van der Waals surface area contributed by atoms with Crippen molar-refractivity contribution >= 4 is 27.5 Å². The molecule has 1 aliphatic carbocycles. The molecule has 5 nitrogen and oxygen atoms in total. The monoisotopic (exact) mass is 420 g/mol. The Morgan fingerprint density at radius 3 is 2.32 bits per heavy atom. The van der Waals surface area contributed by atoms with Crippen LogP contribution in [0.15, 0.2) is 47.4 Å². The maximum Gasteiger partial charge on any atom is 0.252 e. The Hall–Kier alpha value is -1.89. The first-order chi connectivity index (χ1) is 13.2. The average Bonchev–Trinajstić information content (AvgIpc) is 3.43. The molecule has 1 aliphatic rings. The van der Waals surface area contributed by atoms with Crippen LogP contribution in [-0.2, 0) is 10.0 Å². The summed E-state index contributed by atoms with van der Waals surface area (Å²) >= 11 is 5.97. The third-order valence-electron chi connectivity index (χ3n) is 4.85. The van der Waals surface area contributed by atoms with Crippen LogP contribution in [0, 0.1) is 12.8 Å². The fourth-order valence-electron chi connectivity index (χ4n) is 3.03. The van der Waals surface area contributed by atoms with E-state index in [1.54, 1.807) is 25.1 Å². The minimum Gasteiger partial charge on any atom is -0.345 e. The Morgan fingerprint density at radius 1 is 1.11 bits per heavy atom. The van der Waals surface area contributed by atoms with E-state index in [0.29, 0.717) is 10.6 Å². The molecule has 0 saturated heterocycles. The Kier molecular flexibility index (Phi) is 6.12. The maximum atomic E-state index is 13.0. The van der Waals surface area contributed by atoms with Crippen molar-refractivity contribution < 1.29 is 13.2 Å². The molecule has 0 spiro atoms. The Labute approximate surface area is 171 Å². The molecule has 1 atom stereocenters. The number of rotatable bonds is 7. The first-order valence-corrected chi connectivity index (χ1v) is 11.2. The van der Waals surface area contributed by atoms with E-state index in [-0.39, 0.29) is 28.8 Å². The molecule has 3 rings (SSSR count). The highest BCUT2D eigenvalue weighted by Gasteiger charge is 2.29. The SMILES string of the molecule is Cc1ccc(S(=O)(=O)NC2CC2)cc1C(=O)NC(c1ccc(Cl)cc1)C(C)C. The molecule has 0 radical (unpaired) electrons. The predicted molar refractivity (Wildman–Crippen MR) is 111 cm³/mol.